The summed E-state index contributed by atoms with van der Waals surface area (Å²) >= 11 is 1.82. The Balaban J connectivity index is 2.22. The number of nitrogens with zero attached hydrogens (tertiary/aromatic N) is 1. The van der Waals surface area contributed by atoms with Crippen LogP contribution in [0, 0.1) is 6.92 Å². The van der Waals surface area contributed by atoms with Crippen molar-refractivity contribution in [2.45, 2.75) is 46.0 Å². The van der Waals surface area contributed by atoms with Crippen LogP contribution in [0.3, 0.4) is 0 Å². The van der Waals surface area contributed by atoms with E-state index in [-0.39, 0.29) is 0 Å². The van der Waals surface area contributed by atoms with E-state index in [2.05, 4.69) is 51.1 Å². The fourth-order valence-corrected chi connectivity index (χ4v) is 3.26. The Morgan fingerprint density at radius 1 is 1.22 bits per heavy atom. The number of rotatable bonds is 5. The van der Waals surface area contributed by atoms with Crippen LogP contribution in [-0.2, 0) is 0 Å². The van der Waals surface area contributed by atoms with Crippen molar-refractivity contribution >= 4 is 11.3 Å². The molecular weight excluding hydrogens is 238 g/mol. The van der Waals surface area contributed by atoms with Gasteiger partial charge >= 0.3 is 0 Å². The first-order valence-corrected chi connectivity index (χ1v) is 7.56. The molecule has 0 spiro atoms. The normalized spacial score (nSPS) is 12.6. The molecule has 0 aliphatic heterocycles. The second-order valence-corrected chi connectivity index (χ2v) is 6.07. The molecule has 96 valence electrons. The maximum atomic E-state index is 4.85. The van der Waals surface area contributed by atoms with Gasteiger partial charge in [-0.3, -0.25) is 0 Å². The lowest BCUT2D eigenvalue weighted by Crippen LogP contribution is -1.96. The van der Waals surface area contributed by atoms with Gasteiger partial charge in [-0.15, -0.1) is 11.3 Å². The Morgan fingerprint density at radius 3 is 2.61 bits per heavy atom. The molecule has 1 aromatic heterocycles. The molecule has 0 saturated heterocycles. The molecule has 1 unspecified atom stereocenters. The summed E-state index contributed by atoms with van der Waals surface area (Å²) in [6.07, 6.45) is 3.80. The SMILES string of the molecule is CCCCC(C)c1nc(-c2ccccc2)sc1C. The van der Waals surface area contributed by atoms with Gasteiger partial charge in [0.1, 0.15) is 5.01 Å². The highest BCUT2D eigenvalue weighted by Crippen LogP contribution is 2.32. The number of aryl methyl sites for hydroxylation is 1. The van der Waals surface area contributed by atoms with Gasteiger partial charge in [0.25, 0.3) is 0 Å². The summed E-state index contributed by atoms with van der Waals surface area (Å²) in [5.41, 5.74) is 2.53. The lowest BCUT2D eigenvalue weighted by Gasteiger charge is -2.08. The van der Waals surface area contributed by atoms with Crippen molar-refractivity contribution < 1.29 is 0 Å². The molecule has 2 aromatic rings. The Morgan fingerprint density at radius 2 is 1.94 bits per heavy atom. The van der Waals surface area contributed by atoms with E-state index >= 15 is 0 Å². The van der Waals surface area contributed by atoms with Crippen LogP contribution >= 0.6 is 11.3 Å². The zero-order valence-electron chi connectivity index (χ0n) is 11.4. The predicted octanol–water partition coefficient (Wildman–Crippen LogP) is 5.41. The van der Waals surface area contributed by atoms with Gasteiger partial charge in [0.2, 0.25) is 0 Å². The fourth-order valence-electron chi connectivity index (χ4n) is 2.22. The number of hydrogen-bond acceptors (Lipinski definition) is 2. The van der Waals surface area contributed by atoms with Crippen LogP contribution in [0.1, 0.15) is 49.6 Å². The minimum Gasteiger partial charge on any atom is -0.241 e. The van der Waals surface area contributed by atoms with Gasteiger partial charge in [-0.1, -0.05) is 57.0 Å². The quantitative estimate of drug-likeness (QED) is 0.699. The van der Waals surface area contributed by atoms with Gasteiger partial charge in [-0.2, -0.15) is 0 Å². The van der Waals surface area contributed by atoms with Gasteiger partial charge in [0.15, 0.2) is 0 Å². The third-order valence-corrected chi connectivity index (χ3v) is 4.35. The van der Waals surface area contributed by atoms with E-state index in [1.165, 1.54) is 35.4 Å². The van der Waals surface area contributed by atoms with Crippen molar-refractivity contribution in [3.8, 4) is 10.6 Å². The van der Waals surface area contributed by atoms with Crippen LogP contribution in [0.25, 0.3) is 10.6 Å². The van der Waals surface area contributed by atoms with E-state index < -0.39 is 0 Å². The molecule has 1 nitrogen and oxygen atoms in total. The lowest BCUT2D eigenvalue weighted by molar-refractivity contribution is 0.612. The number of aromatic nitrogens is 1. The van der Waals surface area contributed by atoms with Crippen molar-refractivity contribution in [2.75, 3.05) is 0 Å². The van der Waals surface area contributed by atoms with Crippen LogP contribution < -0.4 is 0 Å². The van der Waals surface area contributed by atoms with Gasteiger partial charge in [-0.05, 0) is 19.3 Å². The van der Waals surface area contributed by atoms with Crippen LogP contribution in [0.2, 0.25) is 0 Å². The van der Waals surface area contributed by atoms with E-state index in [0.717, 1.165) is 5.01 Å². The van der Waals surface area contributed by atoms with Crippen molar-refractivity contribution in [1.82, 2.24) is 4.98 Å². The smallest absolute Gasteiger partial charge is 0.123 e. The average Bonchev–Trinajstić information content (AvgIpc) is 2.79. The van der Waals surface area contributed by atoms with Crippen LogP contribution in [0.5, 0.6) is 0 Å². The summed E-state index contributed by atoms with van der Waals surface area (Å²) in [6.45, 7) is 6.74. The maximum Gasteiger partial charge on any atom is 0.123 e. The highest BCUT2D eigenvalue weighted by atomic mass is 32.1. The van der Waals surface area contributed by atoms with E-state index in [1.807, 2.05) is 11.3 Å². The molecule has 0 bridgehead atoms. The molecule has 0 N–H and O–H groups in total. The molecule has 0 amide bonds. The Hall–Kier alpha value is -1.15. The molecular formula is C16H21NS. The first kappa shape index (κ1) is 13.3. The van der Waals surface area contributed by atoms with Gasteiger partial charge < -0.3 is 0 Å². The van der Waals surface area contributed by atoms with E-state index in [1.54, 1.807) is 0 Å². The van der Waals surface area contributed by atoms with E-state index in [4.69, 9.17) is 4.98 Å². The average molecular weight is 259 g/mol. The second-order valence-electron chi connectivity index (χ2n) is 4.87. The summed E-state index contributed by atoms with van der Waals surface area (Å²) in [5.74, 6) is 0.582. The van der Waals surface area contributed by atoms with Crippen molar-refractivity contribution in [3.63, 3.8) is 0 Å². The summed E-state index contributed by atoms with van der Waals surface area (Å²) in [7, 11) is 0. The summed E-state index contributed by atoms with van der Waals surface area (Å²) in [5, 5.41) is 1.16. The van der Waals surface area contributed by atoms with Crippen molar-refractivity contribution in [1.29, 1.82) is 0 Å². The van der Waals surface area contributed by atoms with Crippen molar-refractivity contribution in [3.05, 3.63) is 40.9 Å². The van der Waals surface area contributed by atoms with Crippen molar-refractivity contribution in [2.24, 2.45) is 0 Å². The standard InChI is InChI=1S/C16H21NS/c1-4-5-9-12(2)15-13(3)18-16(17-15)14-10-7-6-8-11-14/h6-8,10-12H,4-5,9H2,1-3H3. The van der Waals surface area contributed by atoms with Crippen LogP contribution in [0.4, 0.5) is 0 Å². The zero-order chi connectivity index (χ0) is 13.0. The summed E-state index contributed by atoms with van der Waals surface area (Å²) in [6, 6.07) is 10.5. The minimum atomic E-state index is 0.582. The Kier molecular flexibility index (Phi) is 4.54. The Bertz CT molecular complexity index is 487. The molecule has 0 fully saturated rings. The maximum absolute atomic E-state index is 4.85. The second kappa shape index (κ2) is 6.14. The molecule has 0 aliphatic rings. The molecule has 1 aromatic carbocycles. The van der Waals surface area contributed by atoms with Gasteiger partial charge in [-0.25, -0.2) is 4.98 Å². The lowest BCUT2D eigenvalue weighted by atomic mass is 10.0. The fraction of sp³-hybridized carbons (Fsp3) is 0.438. The topological polar surface area (TPSA) is 12.9 Å². The number of hydrogen-bond donors (Lipinski definition) is 0. The Labute approximate surface area is 114 Å². The summed E-state index contributed by atoms with van der Waals surface area (Å²) in [4.78, 5) is 6.22. The molecule has 18 heavy (non-hydrogen) atoms. The zero-order valence-corrected chi connectivity index (χ0v) is 12.3. The molecule has 0 saturated carbocycles. The molecule has 2 rings (SSSR count). The first-order valence-electron chi connectivity index (χ1n) is 6.75. The third-order valence-electron chi connectivity index (χ3n) is 3.31. The third kappa shape index (κ3) is 2.99. The van der Waals surface area contributed by atoms with E-state index in [0.29, 0.717) is 5.92 Å². The van der Waals surface area contributed by atoms with Gasteiger partial charge in [0.05, 0.1) is 5.69 Å². The number of unbranched alkanes of at least 4 members (excludes halogenated alkanes) is 1. The minimum absolute atomic E-state index is 0.582. The van der Waals surface area contributed by atoms with Crippen LogP contribution in [-0.4, -0.2) is 4.98 Å². The highest BCUT2D eigenvalue weighted by Gasteiger charge is 2.14. The molecule has 2 heteroatoms. The molecule has 1 heterocycles. The molecule has 0 radical (unpaired) electrons. The first-order chi connectivity index (χ1) is 8.72. The van der Waals surface area contributed by atoms with Crippen LogP contribution in [0.15, 0.2) is 30.3 Å². The predicted molar refractivity (Wildman–Crippen MR) is 80.2 cm³/mol. The van der Waals surface area contributed by atoms with Gasteiger partial charge in [0, 0.05) is 10.4 Å². The van der Waals surface area contributed by atoms with E-state index in [9.17, 15) is 0 Å². The molecule has 1 atom stereocenters. The number of benzene rings is 1. The molecule has 0 aliphatic carbocycles. The monoisotopic (exact) mass is 259 g/mol. The largest absolute Gasteiger partial charge is 0.241 e. The highest BCUT2D eigenvalue weighted by molar-refractivity contribution is 7.15. The summed E-state index contributed by atoms with van der Waals surface area (Å²) < 4.78 is 0. The number of thiazole rings is 1.